The number of para-hydroxylation sites is 1. The first-order valence-electron chi connectivity index (χ1n) is 9.17. The van der Waals surface area contributed by atoms with Crippen molar-refractivity contribution in [3.8, 4) is 23.0 Å². The Kier molecular flexibility index (Phi) is 6.77. The molecule has 1 N–H and O–H groups in total. The second-order valence-corrected chi connectivity index (χ2v) is 7.12. The van der Waals surface area contributed by atoms with Crippen LogP contribution in [0.15, 0.2) is 65.1 Å². The van der Waals surface area contributed by atoms with E-state index in [9.17, 15) is 4.79 Å². The maximum absolute atomic E-state index is 12.7. The van der Waals surface area contributed by atoms with Crippen molar-refractivity contribution < 1.29 is 19.0 Å². The maximum atomic E-state index is 12.7. The summed E-state index contributed by atoms with van der Waals surface area (Å²) in [5, 5.41) is 2.88. The standard InChI is InChI=1S/C23H22BrNO4/c1-4-28-21-14-16(13-19(24)22(21)27-3)23(26)25-17-9-11-18(12-10-17)29-20-8-6-5-7-15(20)2/h5-14H,4H2,1-3H3,(H,25,26). The van der Waals surface area contributed by atoms with E-state index in [1.54, 1.807) is 31.4 Å². The van der Waals surface area contributed by atoms with Crippen molar-refractivity contribution in [1.29, 1.82) is 0 Å². The summed E-state index contributed by atoms with van der Waals surface area (Å²) in [5.41, 5.74) is 2.18. The molecule has 1 amide bonds. The third-order valence-corrected chi connectivity index (χ3v) is 4.80. The molecule has 0 aromatic heterocycles. The summed E-state index contributed by atoms with van der Waals surface area (Å²) in [6.45, 7) is 4.34. The quantitative estimate of drug-likeness (QED) is 0.459. The van der Waals surface area contributed by atoms with Gasteiger partial charge in [-0.2, -0.15) is 0 Å². The highest BCUT2D eigenvalue weighted by atomic mass is 79.9. The summed E-state index contributed by atoms with van der Waals surface area (Å²) in [4.78, 5) is 12.7. The van der Waals surface area contributed by atoms with Crippen LogP contribution in [0.2, 0.25) is 0 Å². The van der Waals surface area contributed by atoms with Crippen LogP contribution in [0.5, 0.6) is 23.0 Å². The van der Waals surface area contributed by atoms with Crippen LogP contribution in [0.1, 0.15) is 22.8 Å². The number of aryl methyl sites for hydroxylation is 1. The van der Waals surface area contributed by atoms with Crippen LogP contribution in [0.4, 0.5) is 5.69 Å². The Bertz CT molecular complexity index is 1000. The molecule has 3 aromatic rings. The largest absolute Gasteiger partial charge is 0.492 e. The summed E-state index contributed by atoms with van der Waals surface area (Å²) in [7, 11) is 1.56. The lowest BCUT2D eigenvalue weighted by Crippen LogP contribution is -2.12. The van der Waals surface area contributed by atoms with E-state index in [0.717, 1.165) is 11.3 Å². The number of methoxy groups -OCH3 is 1. The van der Waals surface area contributed by atoms with Crippen LogP contribution < -0.4 is 19.5 Å². The summed E-state index contributed by atoms with van der Waals surface area (Å²) in [6, 6.07) is 18.4. The average molecular weight is 456 g/mol. The molecule has 0 aliphatic carbocycles. The molecule has 0 fully saturated rings. The maximum Gasteiger partial charge on any atom is 0.255 e. The van der Waals surface area contributed by atoms with E-state index < -0.39 is 0 Å². The number of carbonyl (C=O) groups excluding carboxylic acids is 1. The van der Waals surface area contributed by atoms with Gasteiger partial charge in [-0.05, 0) is 77.8 Å². The van der Waals surface area contributed by atoms with Gasteiger partial charge >= 0.3 is 0 Å². The Balaban J connectivity index is 1.73. The van der Waals surface area contributed by atoms with Crippen LogP contribution >= 0.6 is 15.9 Å². The molecule has 150 valence electrons. The Morgan fingerprint density at radius 3 is 2.41 bits per heavy atom. The number of amides is 1. The van der Waals surface area contributed by atoms with E-state index in [2.05, 4.69) is 21.2 Å². The lowest BCUT2D eigenvalue weighted by Gasteiger charge is -2.13. The van der Waals surface area contributed by atoms with Gasteiger partial charge in [0.15, 0.2) is 11.5 Å². The molecule has 0 radical (unpaired) electrons. The fraction of sp³-hybridized carbons (Fsp3) is 0.174. The highest BCUT2D eigenvalue weighted by Crippen LogP contribution is 2.36. The molecule has 0 atom stereocenters. The molecule has 5 nitrogen and oxygen atoms in total. The van der Waals surface area contributed by atoms with Crippen molar-refractivity contribution in [3.63, 3.8) is 0 Å². The van der Waals surface area contributed by atoms with Gasteiger partial charge in [0.1, 0.15) is 11.5 Å². The minimum atomic E-state index is -0.248. The molecular weight excluding hydrogens is 434 g/mol. The van der Waals surface area contributed by atoms with Crippen molar-refractivity contribution in [3.05, 3.63) is 76.3 Å². The molecule has 0 heterocycles. The number of anilines is 1. The van der Waals surface area contributed by atoms with Gasteiger partial charge in [0.05, 0.1) is 18.2 Å². The monoisotopic (exact) mass is 455 g/mol. The van der Waals surface area contributed by atoms with Gasteiger partial charge in [-0.15, -0.1) is 0 Å². The molecule has 3 aromatic carbocycles. The number of ether oxygens (including phenoxy) is 3. The average Bonchev–Trinajstić information content (AvgIpc) is 2.71. The second-order valence-electron chi connectivity index (χ2n) is 6.27. The molecule has 3 rings (SSSR count). The van der Waals surface area contributed by atoms with E-state index in [1.807, 2.05) is 50.2 Å². The zero-order chi connectivity index (χ0) is 20.8. The van der Waals surface area contributed by atoms with Gasteiger partial charge in [-0.25, -0.2) is 0 Å². The summed E-state index contributed by atoms with van der Waals surface area (Å²) in [5.74, 6) is 2.32. The van der Waals surface area contributed by atoms with Crippen molar-refractivity contribution in [2.24, 2.45) is 0 Å². The first-order valence-corrected chi connectivity index (χ1v) is 9.96. The van der Waals surface area contributed by atoms with Crippen LogP contribution in [-0.4, -0.2) is 19.6 Å². The third kappa shape index (κ3) is 5.09. The zero-order valence-electron chi connectivity index (χ0n) is 16.5. The summed E-state index contributed by atoms with van der Waals surface area (Å²) < 4.78 is 17.5. The number of carbonyl (C=O) groups is 1. The number of benzene rings is 3. The first-order chi connectivity index (χ1) is 14.0. The minimum absolute atomic E-state index is 0.248. The summed E-state index contributed by atoms with van der Waals surface area (Å²) in [6.07, 6.45) is 0. The van der Waals surface area contributed by atoms with Crippen molar-refractivity contribution in [1.82, 2.24) is 0 Å². The van der Waals surface area contributed by atoms with Gasteiger partial charge in [0, 0.05) is 11.3 Å². The van der Waals surface area contributed by atoms with E-state index in [1.165, 1.54) is 0 Å². The van der Waals surface area contributed by atoms with Crippen LogP contribution in [0.3, 0.4) is 0 Å². The molecular formula is C23H22BrNO4. The number of hydrogen-bond donors (Lipinski definition) is 1. The lowest BCUT2D eigenvalue weighted by atomic mass is 10.1. The molecule has 0 aliphatic heterocycles. The van der Waals surface area contributed by atoms with Crippen molar-refractivity contribution >= 4 is 27.5 Å². The van der Waals surface area contributed by atoms with Gasteiger partial charge < -0.3 is 19.5 Å². The summed E-state index contributed by atoms with van der Waals surface area (Å²) >= 11 is 3.43. The molecule has 29 heavy (non-hydrogen) atoms. The van der Waals surface area contributed by atoms with Crippen LogP contribution in [0, 0.1) is 6.92 Å². The SMILES string of the molecule is CCOc1cc(C(=O)Nc2ccc(Oc3ccccc3C)cc2)cc(Br)c1OC. The molecule has 0 saturated carbocycles. The van der Waals surface area contributed by atoms with Gasteiger partial charge in [0.2, 0.25) is 0 Å². The predicted octanol–water partition coefficient (Wildman–Crippen LogP) is 6.21. The second kappa shape index (κ2) is 9.47. The van der Waals surface area contributed by atoms with E-state index in [-0.39, 0.29) is 5.91 Å². The van der Waals surface area contributed by atoms with E-state index in [0.29, 0.717) is 39.6 Å². The lowest BCUT2D eigenvalue weighted by molar-refractivity contribution is 0.102. The normalized spacial score (nSPS) is 10.3. The highest BCUT2D eigenvalue weighted by Gasteiger charge is 2.15. The molecule has 0 bridgehead atoms. The molecule has 6 heteroatoms. The molecule has 0 spiro atoms. The van der Waals surface area contributed by atoms with Gasteiger partial charge in [-0.3, -0.25) is 4.79 Å². The fourth-order valence-corrected chi connectivity index (χ4v) is 3.37. The smallest absolute Gasteiger partial charge is 0.255 e. The molecule has 0 saturated heterocycles. The Labute approximate surface area is 178 Å². The van der Waals surface area contributed by atoms with Gasteiger partial charge in [-0.1, -0.05) is 18.2 Å². The van der Waals surface area contributed by atoms with Crippen molar-refractivity contribution in [2.75, 3.05) is 19.0 Å². The fourth-order valence-electron chi connectivity index (χ4n) is 2.77. The topological polar surface area (TPSA) is 56.8 Å². The van der Waals surface area contributed by atoms with E-state index >= 15 is 0 Å². The third-order valence-electron chi connectivity index (χ3n) is 4.21. The number of hydrogen-bond acceptors (Lipinski definition) is 4. The predicted molar refractivity (Wildman–Crippen MR) is 118 cm³/mol. The first kappa shape index (κ1) is 20.7. The molecule has 0 unspecified atom stereocenters. The zero-order valence-corrected chi connectivity index (χ0v) is 18.1. The highest BCUT2D eigenvalue weighted by molar-refractivity contribution is 9.10. The van der Waals surface area contributed by atoms with Crippen LogP contribution in [0.25, 0.3) is 0 Å². The van der Waals surface area contributed by atoms with Crippen molar-refractivity contribution in [2.45, 2.75) is 13.8 Å². The minimum Gasteiger partial charge on any atom is -0.492 e. The molecule has 0 aliphatic rings. The van der Waals surface area contributed by atoms with E-state index in [4.69, 9.17) is 14.2 Å². The Morgan fingerprint density at radius 2 is 1.76 bits per heavy atom. The Morgan fingerprint density at radius 1 is 1.03 bits per heavy atom. The number of rotatable bonds is 7. The van der Waals surface area contributed by atoms with Crippen LogP contribution in [-0.2, 0) is 0 Å². The Hall–Kier alpha value is -2.99. The number of halogens is 1. The number of nitrogens with one attached hydrogen (secondary N) is 1. The van der Waals surface area contributed by atoms with Gasteiger partial charge in [0.25, 0.3) is 5.91 Å².